The molecule has 0 aliphatic rings. The zero-order valence-electron chi connectivity index (χ0n) is 19.0. The molecule has 2 aromatic carbocycles. The molecule has 0 spiro atoms. The number of nitrogens with zero attached hydrogens (tertiary/aromatic N) is 3. The fourth-order valence-corrected chi connectivity index (χ4v) is 4.48. The van der Waals surface area contributed by atoms with Crippen molar-refractivity contribution in [3.05, 3.63) is 71.8 Å². The van der Waals surface area contributed by atoms with Crippen molar-refractivity contribution in [1.82, 2.24) is 13.3 Å². The molecule has 8 nitrogen and oxygen atoms in total. The number of rotatable bonds is 12. The third kappa shape index (κ3) is 8.44. The maximum absolute atomic E-state index is 12.5. The molecule has 0 amide bonds. The van der Waals surface area contributed by atoms with Gasteiger partial charge in [0.2, 0.25) is 0 Å². The fourth-order valence-electron chi connectivity index (χ4n) is 3.00. The van der Waals surface area contributed by atoms with Crippen molar-refractivity contribution in [1.29, 1.82) is 0 Å². The van der Waals surface area contributed by atoms with E-state index < -0.39 is 26.5 Å². The van der Waals surface area contributed by atoms with Crippen molar-refractivity contribution in [3.8, 4) is 0 Å². The summed E-state index contributed by atoms with van der Waals surface area (Å²) < 4.78 is 58.7. The Labute approximate surface area is 192 Å². The van der Waals surface area contributed by atoms with Gasteiger partial charge in [0.15, 0.2) is 0 Å². The van der Waals surface area contributed by atoms with Gasteiger partial charge in [-0.2, -0.15) is 34.6 Å². The Hall–Kier alpha value is -2.11. The van der Waals surface area contributed by atoms with Crippen LogP contribution in [0.25, 0.3) is 0 Å². The van der Waals surface area contributed by atoms with Crippen LogP contribution in [0.2, 0.25) is 0 Å². The van der Waals surface area contributed by atoms with Crippen molar-refractivity contribution in [2.45, 2.75) is 31.7 Å². The van der Waals surface area contributed by atoms with Gasteiger partial charge in [-0.1, -0.05) is 60.7 Å². The van der Waals surface area contributed by atoms with Crippen LogP contribution in [0.15, 0.2) is 65.1 Å². The summed E-state index contributed by atoms with van der Waals surface area (Å²) in [6, 6.07) is 18.6. The summed E-state index contributed by atoms with van der Waals surface area (Å²) in [6.07, 6.45) is 1.57. The van der Waals surface area contributed by atoms with Crippen molar-refractivity contribution >= 4 is 26.1 Å². The van der Waals surface area contributed by atoms with Gasteiger partial charge in [-0.3, -0.25) is 0 Å². The molecule has 0 radical (unpaired) electrons. The van der Waals surface area contributed by atoms with Gasteiger partial charge >= 0.3 is 10.2 Å². The van der Waals surface area contributed by atoms with Gasteiger partial charge in [0.05, 0.1) is 0 Å². The third-order valence-corrected chi connectivity index (χ3v) is 7.86. The van der Waals surface area contributed by atoms with Gasteiger partial charge in [0.25, 0.3) is 10.2 Å². The fraction of sp³-hybridized carbons (Fsp3) is 0.409. The topological polar surface area (TPSA) is 99.1 Å². The van der Waals surface area contributed by atoms with Gasteiger partial charge in [-0.25, -0.2) is 0 Å². The Morgan fingerprint density at radius 1 is 0.844 bits per heavy atom. The van der Waals surface area contributed by atoms with Crippen molar-refractivity contribution < 1.29 is 16.8 Å². The Morgan fingerprint density at radius 3 is 1.88 bits per heavy atom. The second-order valence-electron chi connectivity index (χ2n) is 7.91. The van der Waals surface area contributed by atoms with E-state index in [-0.39, 0.29) is 0 Å². The van der Waals surface area contributed by atoms with Gasteiger partial charge in [0, 0.05) is 46.4 Å². The lowest BCUT2D eigenvalue weighted by atomic mass is 9.99. The normalized spacial score (nSPS) is 14.1. The molecule has 10 heteroatoms. The molecule has 0 heterocycles. The Balaban J connectivity index is 2.27. The molecule has 32 heavy (non-hydrogen) atoms. The zero-order valence-corrected chi connectivity index (χ0v) is 20.6. The first kappa shape index (κ1) is 26.1. The summed E-state index contributed by atoms with van der Waals surface area (Å²) in [5.74, 6) is 0. The lowest BCUT2D eigenvalue weighted by Gasteiger charge is -2.22. The molecule has 0 saturated heterocycles. The van der Waals surface area contributed by atoms with E-state index in [1.54, 1.807) is 0 Å². The van der Waals surface area contributed by atoms with Crippen molar-refractivity contribution in [2.24, 2.45) is 4.40 Å². The molecule has 1 atom stereocenters. The maximum Gasteiger partial charge on any atom is 0.321 e. The number of hydrogen-bond donors (Lipinski definition) is 1. The summed E-state index contributed by atoms with van der Waals surface area (Å²) >= 11 is 0. The predicted molar refractivity (Wildman–Crippen MR) is 129 cm³/mol. The van der Waals surface area contributed by atoms with E-state index in [0.29, 0.717) is 31.4 Å². The van der Waals surface area contributed by atoms with Crippen LogP contribution in [0.4, 0.5) is 0 Å². The molecule has 0 bridgehead atoms. The first-order valence-corrected chi connectivity index (χ1v) is 13.1. The summed E-state index contributed by atoms with van der Waals surface area (Å²) in [6.45, 7) is 0. The van der Waals surface area contributed by atoms with E-state index >= 15 is 0 Å². The highest BCUT2D eigenvalue weighted by atomic mass is 32.2. The summed E-state index contributed by atoms with van der Waals surface area (Å²) in [5, 5.41) is 0. The molecule has 2 rings (SSSR count). The van der Waals surface area contributed by atoms with Crippen LogP contribution in [0.5, 0.6) is 0 Å². The second-order valence-corrected chi connectivity index (χ2v) is 11.6. The minimum Gasteiger partial charge on any atom is -0.199 e. The molecular weight excluding hydrogens is 448 g/mol. The SMILES string of the molecule is CN(C)S(=O)(=O)N=C(CCC(Cc1ccccc1)NS(=O)(=O)N(C)C)Cc1ccccc1. The predicted octanol–water partition coefficient (Wildman–Crippen LogP) is 2.26. The Kier molecular flexibility index (Phi) is 9.53. The molecule has 1 N–H and O–H groups in total. The molecule has 176 valence electrons. The standard InChI is InChI=1S/C22H32N4O4S2/c1-25(2)31(27,28)23-21(17-19-11-7-5-8-12-19)15-16-22(24-32(29,30)26(3)4)18-20-13-9-6-10-14-20/h5-14,21,23H,15-18H2,1-4H3. The number of hydrogen-bond acceptors (Lipinski definition) is 4. The Morgan fingerprint density at radius 2 is 1.38 bits per heavy atom. The highest BCUT2D eigenvalue weighted by Crippen LogP contribution is 2.14. The van der Waals surface area contributed by atoms with E-state index in [1.807, 2.05) is 60.7 Å². The van der Waals surface area contributed by atoms with Crippen LogP contribution in [0.1, 0.15) is 24.0 Å². The molecule has 0 fully saturated rings. The van der Waals surface area contributed by atoms with Crippen LogP contribution in [-0.2, 0) is 33.3 Å². The molecule has 0 aromatic heterocycles. The summed E-state index contributed by atoms with van der Waals surface area (Å²) in [7, 11) is -1.66. The van der Waals surface area contributed by atoms with E-state index in [0.717, 1.165) is 19.7 Å². The van der Waals surface area contributed by atoms with Gasteiger partial charge in [-0.05, 0) is 30.4 Å². The summed E-state index contributed by atoms with van der Waals surface area (Å²) in [4.78, 5) is 0. The molecule has 0 aliphatic carbocycles. The average Bonchev–Trinajstić information content (AvgIpc) is 2.72. The highest BCUT2D eigenvalue weighted by Gasteiger charge is 2.22. The highest BCUT2D eigenvalue weighted by molar-refractivity contribution is 7.88. The largest absolute Gasteiger partial charge is 0.321 e. The Bertz CT molecular complexity index is 1090. The van der Waals surface area contributed by atoms with Gasteiger partial charge in [-0.15, -0.1) is 0 Å². The minimum absolute atomic E-state index is 0.329. The number of benzene rings is 2. The average molecular weight is 481 g/mol. The third-order valence-electron chi connectivity index (χ3n) is 4.86. The summed E-state index contributed by atoms with van der Waals surface area (Å²) in [5.41, 5.74) is 2.40. The molecule has 0 saturated carbocycles. The van der Waals surface area contributed by atoms with Crippen LogP contribution < -0.4 is 4.72 Å². The van der Waals surface area contributed by atoms with E-state index in [4.69, 9.17) is 0 Å². The van der Waals surface area contributed by atoms with E-state index in [1.165, 1.54) is 28.2 Å². The molecule has 1 unspecified atom stereocenters. The van der Waals surface area contributed by atoms with Crippen LogP contribution in [0.3, 0.4) is 0 Å². The van der Waals surface area contributed by atoms with Crippen molar-refractivity contribution in [3.63, 3.8) is 0 Å². The van der Waals surface area contributed by atoms with Crippen molar-refractivity contribution in [2.75, 3.05) is 28.2 Å². The van der Waals surface area contributed by atoms with E-state index in [9.17, 15) is 16.8 Å². The maximum atomic E-state index is 12.5. The lowest BCUT2D eigenvalue weighted by Crippen LogP contribution is -2.43. The van der Waals surface area contributed by atoms with Gasteiger partial charge in [0.1, 0.15) is 0 Å². The first-order chi connectivity index (χ1) is 15.0. The minimum atomic E-state index is -3.80. The molecule has 2 aromatic rings. The molecule has 0 aliphatic heterocycles. The number of nitrogens with one attached hydrogen (secondary N) is 1. The molecular formula is C22H32N4O4S2. The lowest BCUT2D eigenvalue weighted by molar-refractivity contribution is 0.475. The zero-order chi connectivity index (χ0) is 23.8. The van der Waals surface area contributed by atoms with E-state index in [2.05, 4.69) is 9.12 Å². The van der Waals surface area contributed by atoms with Crippen LogP contribution >= 0.6 is 0 Å². The first-order valence-electron chi connectivity index (χ1n) is 10.3. The van der Waals surface area contributed by atoms with Gasteiger partial charge < -0.3 is 0 Å². The smallest absolute Gasteiger partial charge is 0.199 e. The second kappa shape index (κ2) is 11.7. The monoisotopic (exact) mass is 480 g/mol. The van der Waals surface area contributed by atoms with Crippen LogP contribution in [-0.4, -0.2) is 65.4 Å². The van der Waals surface area contributed by atoms with Crippen LogP contribution in [0, 0.1) is 0 Å². The quantitative estimate of drug-likeness (QED) is 0.471.